The number of hydrogen-bond donors (Lipinski definition) is 2. The average molecular weight is 400 g/mol. The summed E-state index contributed by atoms with van der Waals surface area (Å²) >= 11 is 3.32. The maximum absolute atomic E-state index is 13.5. The Kier molecular flexibility index (Phi) is 7.49. The molecule has 0 aliphatic heterocycles. The van der Waals surface area contributed by atoms with Crippen LogP contribution in [0.25, 0.3) is 0 Å². The first kappa shape index (κ1) is 19.2. The maximum Gasteiger partial charge on any atom is 0.191 e. The summed E-state index contributed by atoms with van der Waals surface area (Å²) in [5.74, 6) is 0.530. The minimum absolute atomic E-state index is 0.250. The highest BCUT2D eigenvalue weighted by molar-refractivity contribution is 9.10. The molecule has 24 heavy (non-hydrogen) atoms. The van der Waals surface area contributed by atoms with E-state index in [0.29, 0.717) is 12.0 Å². The van der Waals surface area contributed by atoms with Crippen LogP contribution in [0.2, 0.25) is 0 Å². The van der Waals surface area contributed by atoms with Crippen molar-refractivity contribution in [3.8, 4) is 0 Å². The van der Waals surface area contributed by atoms with Crippen molar-refractivity contribution >= 4 is 21.9 Å². The third-order valence-electron chi connectivity index (χ3n) is 4.57. The number of ether oxygens (including phenoxy) is 1. The van der Waals surface area contributed by atoms with E-state index in [1.807, 2.05) is 13.0 Å². The van der Waals surface area contributed by atoms with E-state index >= 15 is 0 Å². The van der Waals surface area contributed by atoms with E-state index in [0.717, 1.165) is 42.1 Å². The molecule has 0 heterocycles. The fraction of sp³-hybridized carbons (Fsp3) is 0.611. The highest BCUT2D eigenvalue weighted by atomic mass is 79.9. The number of nitrogens with zero attached hydrogens (tertiary/aromatic N) is 1. The van der Waals surface area contributed by atoms with Gasteiger partial charge in [-0.2, -0.15) is 0 Å². The maximum atomic E-state index is 13.5. The number of benzene rings is 1. The van der Waals surface area contributed by atoms with Crippen LogP contribution in [0.3, 0.4) is 0 Å². The first-order valence-corrected chi connectivity index (χ1v) is 9.32. The van der Waals surface area contributed by atoms with Gasteiger partial charge in [-0.15, -0.1) is 0 Å². The molecule has 0 saturated heterocycles. The van der Waals surface area contributed by atoms with E-state index in [-0.39, 0.29) is 5.82 Å². The molecule has 0 atom stereocenters. The van der Waals surface area contributed by atoms with E-state index in [4.69, 9.17) is 4.74 Å². The summed E-state index contributed by atoms with van der Waals surface area (Å²) in [7, 11) is 1.75. The Morgan fingerprint density at radius 3 is 2.71 bits per heavy atom. The molecular formula is C18H27BrFN3O. The number of hydrogen-bond acceptors (Lipinski definition) is 2. The lowest BCUT2D eigenvalue weighted by molar-refractivity contribution is 0.0732. The van der Waals surface area contributed by atoms with Gasteiger partial charge in [0.25, 0.3) is 0 Å². The summed E-state index contributed by atoms with van der Waals surface area (Å²) in [6, 6.07) is 4.86. The van der Waals surface area contributed by atoms with Gasteiger partial charge in [-0.05, 0) is 55.4 Å². The molecule has 1 aromatic carbocycles. The lowest BCUT2D eigenvalue weighted by Gasteiger charge is -2.42. The summed E-state index contributed by atoms with van der Waals surface area (Å²) in [6.45, 7) is 4.97. The van der Waals surface area contributed by atoms with E-state index in [1.165, 1.54) is 31.4 Å². The zero-order valence-corrected chi connectivity index (χ0v) is 16.1. The number of aliphatic imine (C=N–C) groups is 1. The smallest absolute Gasteiger partial charge is 0.191 e. The third-order valence-corrected chi connectivity index (χ3v) is 5.03. The number of nitrogens with one attached hydrogen (secondary N) is 2. The van der Waals surface area contributed by atoms with E-state index in [9.17, 15) is 4.39 Å². The van der Waals surface area contributed by atoms with Crippen molar-refractivity contribution in [1.82, 2.24) is 10.6 Å². The molecule has 0 amide bonds. The van der Waals surface area contributed by atoms with Crippen LogP contribution in [-0.4, -0.2) is 32.8 Å². The standard InChI is InChI=1S/C18H27BrFN3O/c1-3-21-17(22-12-14-9-15(19)11-16(20)10-14)23-13-18(5-4-6-18)7-8-24-2/h9-11H,3-8,12-13H2,1-2H3,(H2,21,22,23). The van der Waals surface area contributed by atoms with Gasteiger partial charge in [0, 0.05) is 31.3 Å². The van der Waals surface area contributed by atoms with Crippen molar-refractivity contribution in [2.75, 3.05) is 26.8 Å². The first-order valence-electron chi connectivity index (χ1n) is 8.53. The molecule has 1 fully saturated rings. The zero-order valence-electron chi connectivity index (χ0n) is 14.5. The fourth-order valence-corrected chi connectivity index (χ4v) is 3.51. The largest absolute Gasteiger partial charge is 0.385 e. The van der Waals surface area contributed by atoms with Crippen molar-refractivity contribution in [1.29, 1.82) is 0 Å². The molecule has 2 rings (SSSR count). The second kappa shape index (κ2) is 9.37. The van der Waals surface area contributed by atoms with Crippen LogP contribution in [0.1, 0.15) is 38.2 Å². The second-order valence-electron chi connectivity index (χ2n) is 6.42. The SMILES string of the molecule is CCNC(=NCc1cc(F)cc(Br)c1)NCC1(CCOC)CCC1. The predicted molar refractivity (Wildman–Crippen MR) is 99.7 cm³/mol. The van der Waals surface area contributed by atoms with Crippen molar-refractivity contribution in [3.63, 3.8) is 0 Å². The Morgan fingerprint density at radius 1 is 1.33 bits per heavy atom. The molecule has 134 valence electrons. The van der Waals surface area contributed by atoms with Gasteiger partial charge in [-0.1, -0.05) is 22.4 Å². The third kappa shape index (κ3) is 5.74. The highest BCUT2D eigenvalue weighted by Crippen LogP contribution is 2.43. The van der Waals surface area contributed by atoms with Gasteiger partial charge >= 0.3 is 0 Å². The summed E-state index contributed by atoms with van der Waals surface area (Å²) in [4.78, 5) is 4.58. The number of halogens is 2. The highest BCUT2D eigenvalue weighted by Gasteiger charge is 2.36. The van der Waals surface area contributed by atoms with Crippen LogP contribution in [0.5, 0.6) is 0 Å². The van der Waals surface area contributed by atoms with Crippen LogP contribution in [0.4, 0.5) is 4.39 Å². The Morgan fingerprint density at radius 2 is 2.12 bits per heavy atom. The predicted octanol–water partition coefficient (Wildman–Crippen LogP) is 3.85. The Hall–Kier alpha value is -1.14. The normalized spacial score (nSPS) is 16.6. The number of rotatable bonds is 8. The van der Waals surface area contributed by atoms with Gasteiger partial charge in [-0.3, -0.25) is 0 Å². The molecule has 0 radical (unpaired) electrons. The van der Waals surface area contributed by atoms with Gasteiger partial charge < -0.3 is 15.4 Å². The van der Waals surface area contributed by atoms with Gasteiger partial charge in [0.15, 0.2) is 5.96 Å². The monoisotopic (exact) mass is 399 g/mol. The van der Waals surface area contributed by atoms with Gasteiger partial charge in [0.1, 0.15) is 5.82 Å². The topological polar surface area (TPSA) is 45.7 Å². The molecule has 2 N–H and O–H groups in total. The minimum Gasteiger partial charge on any atom is -0.385 e. The summed E-state index contributed by atoms with van der Waals surface area (Å²) in [6.07, 6.45) is 4.84. The molecular weight excluding hydrogens is 373 g/mol. The quantitative estimate of drug-likeness (QED) is 0.515. The van der Waals surface area contributed by atoms with E-state index in [1.54, 1.807) is 7.11 Å². The Bertz CT molecular complexity index is 541. The van der Waals surface area contributed by atoms with Gasteiger partial charge in [0.05, 0.1) is 6.54 Å². The van der Waals surface area contributed by atoms with Crippen LogP contribution < -0.4 is 10.6 Å². The summed E-state index contributed by atoms with van der Waals surface area (Å²) in [5, 5.41) is 6.71. The minimum atomic E-state index is -0.250. The van der Waals surface area contributed by atoms with Crippen molar-refractivity contribution in [3.05, 3.63) is 34.1 Å². The molecule has 0 unspecified atom stereocenters. The average Bonchev–Trinajstić information content (AvgIpc) is 2.50. The number of guanidine groups is 1. The van der Waals surface area contributed by atoms with E-state index < -0.39 is 0 Å². The lowest BCUT2D eigenvalue weighted by Crippen LogP contribution is -2.46. The molecule has 6 heteroatoms. The lowest BCUT2D eigenvalue weighted by atomic mass is 9.67. The van der Waals surface area contributed by atoms with Crippen molar-refractivity contribution in [2.24, 2.45) is 10.4 Å². The summed E-state index contributed by atoms with van der Waals surface area (Å²) in [5.41, 5.74) is 1.17. The molecule has 0 aromatic heterocycles. The molecule has 0 bridgehead atoms. The Balaban J connectivity index is 1.95. The van der Waals surface area contributed by atoms with Crippen molar-refractivity contribution in [2.45, 2.75) is 39.2 Å². The first-order chi connectivity index (χ1) is 11.6. The van der Waals surface area contributed by atoms with Crippen LogP contribution in [-0.2, 0) is 11.3 Å². The van der Waals surface area contributed by atoms with Crippen LogP contribution in [0, 0.1) is 11.2 Å². The second-order valence-corrected chi connectivity index (χ2v) is 7.34. The fourth-order valence-electron chi connectivity index (χ4n) is 3.00. The van der Waals surface area contributed by atoms with E-state index in [2.05, 4.69) is 31.6 Å². The molecule has 1 saturated carbocycles. The number of methoxy groups -OCH3 is 1. The summed E-state index contributed by atoms with van der Waals surface area (Å²) < 4.78 is 19.4. The zero-order chi connectivity index (χ0) is 17.4. The Labute approximate surface area is 152 Å². The molecule has 0 spiro atoms. The van der Waals surface area contributed by atoms with Gasteiger partial charge in [-0.25, -0.2) is 9.38 Å². The van der Waals surface area contributed by atoms with Crippen LogP contribution >= 0.6 is 15.9 Å². The molecule has 1 aliphatic rings. The molecule has 4 nitrogen and oxygen atoms in total. The van der Waals surface area contributed by atoms with Crippen molar-refractivity contribution < 1.29 is 9.13 Å². The van der Waals surface area contributed by atoms with Gasteiger partial charge in [0.2, 0.25) is 0 Å². The molecule has 1 aliphatic carbocycles. The van der Waals surface area contributed by atoms with Crippen LogP contribution in [0.15, 0.2) is 27.7 Å². The molecule has 1 aromatic rings.